The molecule has 0 aromatic carbocycles. The number of aliphatic hydroxyl groups is 1. The van der Waals surface area contributed by atoms with Gasteiger partial charge in [-0.15, -0.1) is 10.2 Å². The molecule has 17 heavy (non-hydrogen) atoms. The maximum atomic E-state index is 9.42. The van der Waals surface area contributed by atoms with Crippen molar-refractivity contribution in [2.45, 2.75) is 39.2 Å². The van der Waals surface area contributed by atoms with Crippen LogP contribution in [0.1, 0.15) is 30.4 Å². The van der Waals surface area contributed by atoms with Crippen LogP contribution in [0.2, 0.25) is 5.15 Å². The van der Waals surface area contributed by atoms with Crippen LogP contribution >= 0.6 is 11.6 Å². The Morgan fingerprint density at radius 3 is 2.76 bits per heavy atom. The Morgan fingerprint density at radius 1 is 1.29 bits per heavy atom. The van der Waals surface area contributed by atoms with Gasteiger partial charge in [0, 0.05) is 6.54 Å². The second-order valence-corrected chi connectivity index (χ2v) is 4.95. The van der Waals surface area contributed by atoms with Gasteiger partial charge in [-0.25, -0.2) is 0 Å². The lowest BCUT2D eigenvalue weighted by atomic mass is 10.0. The van der Waals surface area contributed by atoms with Crippen molar-refractivity contribution in [3.63, 3.8) is 0 Å². The molecule has 0 saturated carbocycles. The average molecular weight is 256 g/mol. The van der Waals surface area contributed by atoms with Crippen LogP contribution in [0.15, 0.2) is 0 Å². The van der Waals surface area contributed by atoms with Crippen LogP contribution in [0, 0.1) is 13.8 Å². The number of aliphatic hydroxyl groups excluding tert-OH is 1. The normalized spacial score (nSPS) is 20.7. The molecule has 1 saturated heterocycles. The summed E-state index contributed by atoms with van der Waals surface area (Å²) in [7, 11) is 0. The van der Waals surface area contributed by atoms with E-state index in [2.05, 4.69) is 15.1 Å². The lowest BCUT2D eigenvalue weighted by Crippen LogP contribution is -2.43. The Labute approximate surface area is 107 Å². The highest BCUT2D eigenvalue weighted by atomic mass is 35.5. The molecule has 1 N–H and O–H groups in total. The molecule has 0 amide bonds. The van der Waals surface area contributed by atoms with Crippen LogP contribution in [0.5, 0.6) is 0 Å². The van der Waals surface area contributed by atoms with E-state index in [1.165, 1.54) is 6.42 Å². The van der Waals surface area contributed by atoms with Crippen molar-refractivity contribution in [3.05, 3.63) is 16.3 Å². The van der Waals surface area contributed by atoms with E-state index in [9.17, 15) is 5.11 Å². The van der Waals surface area contributed by atoms with Crippen LogP contribution < -0.4 is 4.90 Å². The van der Waals surface area contributed by atoms with Crippen LogP contribution in [0.3, 0.4) is 0 Å². The fourth-order valence-electron chi connectivity index (χ4n) is 2.31. The van der Waals surface area contributed by atoms with Gasteiger partial charge in [0.05, 0.1) is 12.6 Å². The zero-order chi connectivity index (χ0) is 12.4. The molecule has 94 valence electrons. The first-order chi connectivity index (χ1) is 8.15. The molecule has 5 heteroatoms. The summed E-state index contributed by atoms with van der Waals surface area (Å²) in [6.45, 7) is 5.06. The zero-order valence-corrected chi connectivity index (χ0v) is 11.0. The molecule has 1 aromatic rings. The lowest BCUT2D eigenvalue weighted by molar-refractivity contribution is 0.239. The Morgan fingerprint density at radius 2 is 2.06 bits per heavy atom. The maximum Gasteiger partial charge on any atom is 0.155 e. The van der Waals surface area contributed by atoms with Crippen molar-refractivity contribution < 1.29 is 5.11 Å². The molecule has 1 unspecified atom stereocenters. The molecule has 2 heterocycles. The summed E-state index contributed by atoms with van der Waals surface area (Å²) < 4.78 is 0. The van der Waals surface area contributed by atoms with E-state index in [0.29, 0.717) is 5.15 Å². The monoisotopic (exact) mass is 255 g/mol. The van der Waals surface area contributed by atoms with Gasteiger partial charge in [-0.3, -0.25) is 0 Å². The van der Waals surface area contributed by atoms with Gasteiger partial charge in [-0.05, 0) is 44.2 Å². The van der Waals surface area contributed by atoms with Gasteiger partial charge in [0.1, 0.15) is 0 Å². The van der Waals surface area contributed by atoms with Crippen LogP contribution in [0.25, 0.3) is 0 Å². The quantitative estimate of drug-likeness (QED) is 0.879. The average Bonchev–Trinajstić information content (AvgIpc) is 2.36. The summed E-state index contributed by atoms with van der Waals surface area (Å²) in [5.74, 6) is 0.866. The highest BCUT2D eigenvalue weighted by molar-refractivity contribution is 6.30. The van der Waals surface area contributed by atoms with Gasteiger partial charge in [0.2, 0.25) is 0 Å². The molecule has 1 aromatic heterocycles. The van der Waals surface area contributed by atoms with Crippen LogP contribution in [0.4, 0.5) is 5.82 Å². The van der Waals surface area contributed by atoms with E-state index in [-0.39, 0.29) is 12.6 Å². The standard InChI is InChI=1S/C12H18ClN3O/c1-8-9(2)12(15-14-11(8)13)16-6-4-3-5-10(16)7-17/h10,17H,3-7H2,1-2H3. The molecular weight excluding hydrogens is 238 g/mol. The van der Waals surface area contributed by atoms with E-state index in [4.69, 9.17) is 11.6 Å². The minimum atomic E-state index is 0.164. The largest absolute Gasteiger partial charge is 0.394 e. The Hall–Kier alpha value is -0.870. The van der Waals surface area contributed by atoms with Crippen molar-refractivity contribution in [2.24, 2.45) is 0 Å². The predicted molar refractivity (Wildman–Crippen MR) is 68.6 cm³/mol. The maximum absolute atomic E-state index is 9.42. The van der Waals surface area contributed by atoms with Crippen molar-refractivity contribution in [1.29, 1.82) is 0 Å². The van der Waals surface area contributed by atoms with Crippen LogP contribution in [-0.2, 0) is 0 Å². The Kier molecular flexibility index (Phi) is 3.84. The van der Waals surface area contributed by atoms with Gasteiger partial charge in [0.25, 0.3) is 0 Å². The molecule has 1 aliphatic rings. The number of piperidine rings is 1. The number of rotatable bonds is 2. The van der Waals surface area contributed by atoms with E-state index in [1.54, 1.807) is 0 Å². The summed E-state index contributed by atoms with van der Waals surface area (Å²) in [6.07, 6.45) is 3.32. The van der Waals surface area contributed by atoms with Crippen LogP contribution in [-0.4, -0.2) is 34.5 Å². The number of anilines is 1. The number of hydrogen-bond acceptors (Lipinski definition) is 4. The summed E-state index contributed by atoms with van der Waals surface area (Å²) >= 11 is 5.95. The van der Waals surface area contributed by atoms with E-state index in [0.717, 1.165) is 36.3 Å². The summed E-state index contributed by atoms with van der Waals surface area (Å²) in [5.41, 5.74) is 2.03. The lowest BCUT2D eigenvalue weighted by Gasteiger charge is -2.36. The second kappa shape index (κ2) is 5.19. The second-order valence-electron chi connectivity index (χ2n) is 4.59. The number of hydrogen-bond donors (Lipinski definition) is 1. The van der Waals surface area contributed by atoms with Gasteiger partial charge < -0.3 is 10.0 Å². The van der Waals surface area contributed by atoms with Crippen molar-refractivity contribution >= 4 is 17.4 Å². The highest BCUT2D eigenvalue weighted by Crippen LogP contribution is 2.28. The molecule has 2 rings (SSSR count). The molecule has 1 atom stereocenters. The SMILES string of the molecule is Cc1c(Cl)nnc(N2CCCCC2CO)c1C. The van der Waals surface area contributed by atoms with E-state index >= 15 is 0 Å². The molecule has 1 aliphatic heterocycles. The first-order valence-corrected chi connectivity index (χ1v) is 6.39. The molecule has 0 bridgehead atoms. The van der Waals surface area contributed by atoms with Crippen molar-refractivity contribution in [3.8, 4) is 0 Å². The number of halogens is 1. The van der Waals surface area contributed by atoms with Gasteiger partial charge in [0.15, 0.2) is 11.0 Å². The highest BCUT2D eigenvalue weighted by Gasteiger charge is 2.25. The Bertz CT molecular complexity index is 411. The number of aromatic nitrogens is 2. The fraction of sp³-hybridized carbons (Fsp3) is 0.667. The number of nitrogens with zero attached hydrogens (tertiary/aromatic N) is 3. The molecule has 0 aliphatic carbocycles. The third-order valence-corrected chi connectivity index (χ3v) is 3.91. The summed E-state index contributed by atoms with van der Waals surface area (Å²) in [4.78, 5) is 2.16. The molecule has 0 radical (unpaired) electrons. The minimum absolute atomic E-state index is 0.164. The summed E-state index contributed by atoms with van der Waals surface area (Å²) in [5, 5.41) is 18.1. The topological polar surface area (TPSA) is 49.2 Å². The predicted octanol–water partition coefficient (Wildman–Crippen LogP) is 2.10. The van der Waals surface area contributed by atoms with Crippen molar-refractivity contribution in [2.75, 3.05) is 18.1 Å². The third-order valence-electron chi connectivity index (χ3n) is 3.55. The van der Waals surface area contributed by atoms with Gasteiger partial charge in [-0.2, -0.15) is 0 Å². The smallest absolute Gasteiger partial charge is 0.155 e. The van der Waals surface area contributed by atoms with Gasteiger partial charge in [-0.1, -0.05) is 11.6 Å². The molecule has 4 nitrogen and oxygen atoms in total. The van der Waals surface area contributed by atoms with Crippen molar-refractivity contribution in [1.82, 2.24) is 10.2 Å². The van der Waals surface area contributed by atoms with E-state index in [1.807, 2.05) is 13.8 Å². The van der Waals surface area contributed by atoms with Gasteiger partial charge >= 0.3 is 0 Å². The minimum Gasteiger partial charge on any atom is -0.394 e. The first-order valence-electron chi connectivity index (χ1n) is 6.02. The first kappa shape index (κ1) is 12.6. The van der Waals surface area contributed by atoms with E-state index < -0.39 is 0 Å². The molecule has 1 fully saturated rings. The zero-order valence-electron chi connectivity index (χ0n) is 10.3. The third kappa shape index (κ3) is 2.38. The Balaban J connectivity index is 2.35. The summed E-state index contributed by atoms with van der Waals surface area (Å²) in [6, 6.07) is 0.164. The molecule has 0 spiro atoms. The fourth-order valence-corrected chi connectivity index (χ4v) is 2.49. The molecular formula is C12H18ClN3O.